The fourth-order valence-corrected chi connectivity index (χ4v) is 1.55. The Balaban J connectivity index is 3.21. The van der Waals surface area contributed by atoms with Crippen LogP contribution in [0.15, 0.2) is 12.1 Å². The molecule has 0 radical (unpaired) electrons. The Labute approximate surface area is 95.6 Å². The van der Waals surface area contributed by atoms with Gasteiger partial charge >= 0.3 is 6.18 Å². The molecule has 0 aliphatic carbocycles. The fraction of sp³-hybridized carbons (Fsp3) is 0.400. The van der Waals surface area contributed by atoms with Crippen molar-refractivity contribution in [2.24, 2.45) is 0 Å². The Hall–Kier alpha value is -0.940. The highest BCUT2D eigenvalue weighted by atomic mass is 35.5. The number of hydrogen-bond donors (Lipinski definition) is 1. The van der Waals surface area contributed by atoms with Crippen LogP contribution in [-0.4, -0.2) is 18.4 Å². The van der Waals surface area contributed by atoms with E-state index in [1.165, 1.54) is 19.2 Å². The lowest BCUT2D eigenvalue weighted by molar-refractivity contribution is -0.206. The van der Waals surface area contributed by atoms with Crippen LogP contribution < -0.4 is 4.74 Å². The summed E-state index contributed by atoms with van der Waals surface area (Å²) in [7, 11) is 1.39. The first-order valence-electron chi connectivity index (χ1n) is 4.36. The van der Waals surface area contributed by atoms with Crippen LogP contribution in [0.25, 0.3) is 0 Å². The minimum atomic E-state index is -4.73. The van der Waals surface area contributed by atoms with Gasteiger partial charge in [-0.1, -0.05) is 11.6 Å². The normalized spacial score (nSPS) is 13.7. The van der Waals surface area contributed by atoms with E-state index in [9.17, 15) is 13.2 Å². The molecule has 0 aromatic heterocycles. The van der Waals surface area contributed by atoms with Crippen LogP contribution in [0.1, 0.15) is 17.2 Å². The number of ether oxygens (including phenoxy) is 1. The van der Waals surface area contributed by atoms with Crippen LogP contribution in [0.2, 0.25) is 5.02 Å². The van der Waals surface area contributed by atoms with E-state index >= 15 is 0 Å². The lowest BCUT2D eigenvalue weighted by Gasteiger charge is -2.17. The van der Waals surface area contributed by atoms with Gasteiger partial charge in [-0.3, -0.25) is 0 Å². The predicted molar refractivity (Wildman–Crippen MR) is 53.8 cm³/mol. The maximum atomic E-state index is 12.3. The lowest BCUT2D eigenvalue weighted by Crippen LogP contribution is -2.20. The second kappa shape index (κ2) is 4.51. The summed E-state index contributed by atoms with van der Waals surface area (Å²) in [5.41, 5.74) is 0.109. The third-order valence-corrected chi connectivity index (χ3v) is 2.45. The Morgan fingerprint density at radius 1 is 1.38 bits per heavy atom. The van der Waals surface area contributed by atoms with Gasteiger partial charge in [-0.15, -0.1) is 0 Å². The third-order valence-electron chi connectivity index (χ3n) is 2.12. The first-order chi connectivity index (χ1) is 7.27. The van der Waals surface area contributed by atoms with Crippen molar-refractivity contribution in [2.75, 3.05) is 7.11 Å². The van der Waals surface area contributed by atoms with E-state index in [1.807, 2.05) is 0 Å². The van der Waals surface area contributed by atoms with E-state index in [2.05, 4.69) is 0 Å². The highest BCUT2D eigenvalue weighted by Gasteiger charge is 2.40. The van der Waals surface area contributed by atoms with Gasteiger partial charge in [0.2, 0.25) is 0 Å². The largest absolute Gasteiger partial charge is 0.496 e. The molecule has 0 amide bonds. The first-order valence-corrected chi connectivity index (χ1v) is 4.74. The molecule has 1 unspecified atom stereocenters. The highest BCUT2D eigenvalue weighted by Crippen LogP contribution is 2.38. The van der Waals surface area contributed by atoms with E-state index < -0.39 is 12.3 Å². The molecule has 90 valence electrons. The molecule has 0 fully saturated rings. The van der Waals surface area contributed by atoms with Crippen molar-refractivity contribution in [3.8, 4) is 5.75 Å². The van der Waals surface area contributed by atoms with Gasteiger partial charge in [0.05, 0.1) is 12.1 Å². The monoisotopic (exact) mass is 254 g/mol. The number of alkyl halides is 3. The minimum Gasteiger partial charge on any atom is -0.496 e. The van der Waals surface area contributed by atoms with Gasteiger partial charge in [0, 0.05) is 5.56 Å². The maximum Gasteiger partial charge on any atom is 0.418 e. The molecule has 0 heterocycles. The number of hydrogen-bond acceptors (Lipinski definition) is 2. The lowest BCUT2D eigenvalue weighted by atomic mass is 10.1. The summed E-state index contributed by atoms with van der Waals surface area (Å²) >= 11 is 5.64. The summed E-state index contributed by atoms with van der Waals surface area (Å²) in [6, 6.07) is 2.42. The van der Waals surface area contributed by atoms with Crippen LogP contribution in [0, 0.1) is 6.92 Å². The van der Waals surface area contributed by atoms with Gasteiger partial charge in [0.1, 0.15) is 5.75 Å². The molecule has 16 heavy (non-hydrogen) atoms. The third kappa shape index (κ3) is 2.59. The fourth-order valence-electron chi connectivity index (χ4n) is 1.29. The first kappa shape index (κ1) is 13.1. The Kier molecular flexibility index (Phi) is 3.70. The van der Waals surface area contributed by atoms with Crippen LogP contribution >= 0.6 is 11.6 Å². The Bertz CT molecular complexity index is 390. The zero-order valence-electron chi connectivity index (χ0n) is 8.60. The van der Waals surface area contributed by atoms with Crippen molar-refractivity contribution in [1.29, 1.82) is 0 Å². The highest BCUT2D eigenvalue weighted by molar-refractivity contribution is 6.31. The zero-order chi connectivity index (χ0) is 12.5. The SMILES string of the molecule is COc1cc(Cl)c(C(O)C(F)(F)F)cc1C. The maximum absolute atomic E-state index is 12.3. The predicted octanol–water partition coefficient (Wildman–Crippen LogP) is 3.25. The molecule has 2 nitrogen and oxygen atoms in total. The molecule has 0 aliphatic rings. The van der Waals surface area contributed by atoms with Crippen LogP contribution in [0.4, 0.5) is 13.2 Å². The molecule has 6 heteroatoms. The topological polar surface area (TPSA) is 29.5 Å². The van der Waals surface area contributed by atoms with Crippen LogP contribution in [0.3, 0.4) is 0 Å². The summed E-state index contributed by atoms with van der Waals surface area (Å²) in [6.07, 6.45) is -7.31. The summed E-state index contributed by atoms with van der Waals surface area (Å²) in [5.74, 6) is 0.378. The van der Waals surface area contributed by atoms with Crippen molar-refractivity contribution in [2.45, 2.75) is 19.2 Å². The molecule has 1 N–H and O–H groups in total. The summed E-state index contributed by atoms with van der Waals surface area (Å²) in [6.45, 7) is 1.57. The minimum absolute atomic E-state index is 0.174. The van der Waals surface area contributed by atoms with Gasteiger partial charge < -0.3 is 9.84 Å². The van der Waals surface area contributed by atoms with E-state index in [0.717, 1.165) is 0 Å². The number of benzene rings is 1. The summed E-state index contributed by atoms with van der Waals surface area (Å²) in [4.78, 5) is 0. The number of rotatable bonds is 2. The van der Waals surface area contributed by atoms with E-state index in [4.69, 9.17) is 21.4 Å². The van der Waals surface area contributed by atoms with Crippen molar-refractivity contribution >= 4 is 11.6 Å². The smallest absolute Gasteiger partial charge is 0.418 e. The number of aliphatic hydroxyl groups is 1. The van der Waals surface area contributed by atoms with E-state index in [-0.39, 0.29) is 10.6 Å². The van der Waals surface area contributed by atoms with Gasteiger partial charge in [-0.25, -0.2) is 0 Å². The zero-order valence-corrected chi connectivity index (χ0v) is 9.36. The van der Waals surface area contributed by atoms with Crippen molar-refractivity contribution in [3.05, 3.63) is 28.3 Å². The number of aliphatic hydroxyl groups excluding tert-OH is 1. The summed E-state index contributed by atoms with van der Waals surface area (Å²) in [5, 5.41) is 8.90. The van der Waals surface area contributed by atoms with E-state index in [1.54, 1.807) is 6.92 Å². The standard InChI is InChI=1S/C10H10ClF3O2/c1-5-3-6(9(15)10(12,13)14)7(11)4-8(5)16-2/h3-4,9,15H,1-2H3. The van der Waals surface area contributed by atoms with Crippen molar-refractivity contribution < 1.29 is 23.0 Å². The van der Waals surface area contributed by atoms with Crippen molar-refractivity contribution in [1.82, 2.24) is 0 Å². The number of aryl methyl sites for hydroxylation is 1. The molecule has 0 spiro atoms. The Morgan fingerprint density at radius 2 is 1.94 bits per heavy atom. The molecular formula is C10H10ClF3O2. The quantitative estimate of drug-likeness (QED) is 0.878. The van der Waals surface area contributed by atoms with E-state index in [0.29, 0.717) is 11.3 Å². The second-order valence-corrected chi connectivity index (χ2v) is 3.69. The van der Waals surface area contributed by atoms with Gasteiger partial charge in [0.25, 0.3) is 0 Å². The molecule has 0 saturated heterocycles. The van der Waals surface area contributed by atoms with Crippen LogP contribution in [0.5, 0.6) is 5.75 Å². The molecule has 1 atom stereocenters. The second-order valence-electron chi connectivity index (χ2n) is 3.29. The molecule has 0 saturated carbocycles. The average Bonchev–Trinajstić information content (AvgIpc) is 2.18. The Morgan fingerprint density at radius 3 is 2.38 bits per heavy atom. The average molecular weight is 255 g/mol. The molecule has 1 rings (SSSR count). The molecule has 1 aromatic rings. The molecule has 0 bridgehead atoms. The van der Waals surface area contributed by atoms with Gasteiger partial charge in [-0.05, 0) is 24.6 Å². The molecule has 0 aliphatic heterocycles. The summed E-state index contributed by atoms with van der Waals surface area (Å²) < 4.78 is 41.8. The van der Waals surface area contributed by atoms with Gasteiger partial charge in [0.15, 0.2) is 6.10 Å². The van der Waals surface area contributed by atoms with Gasteiger partial charge in [-0.2, -0.15) is 13.2 Å². The molecule has 1 aromatic carbocycles. The van der Waals surface area contributed by atoms with Crippen LogP contribution in [-0.2, 0) is 0 Å². The number of methoxy groups -OCH3 is 1. The van der Waals surface area contributed by atoms with Crippen molar-refractivity contribution in [3.63, 3.8) is 0 Å². The number of halogens is 4. The molecular weight excluding hydrogens is 245 g/mol.